The molecular formula is C12H15N7. The summed E-state index contributed by atoms with van der Waals surface area (Å²) in [6.45, 7) is 5.56. The van der Waals surface area contributed by atoms with E-state index >= 15 is 0 Å². The first-order valence-electron chi connectivity index (χ1n) is 6.19. The molecule has 3 heterocycles. The van der Waals surface area contributed by atoms with Gasteiger partial charge in [-0.15, -0.1) is 10.2 Å². The van der Waals surface area contributed by atoms with E-state index < -0.39 is 0 Å². The van der Waals surface area contributed by atoms with Crippen molar-refractivity contribution in [2.75, 3.05) is 5.32 Å². The molecule has 0 saturated heterocycles. The number of rotatable bonds is 4. The Balaban J connectivity index is 1.87. The summed E-state index contributed by atoms with van der Waals surface area (Å²) in [4.78, 5) is 4.20. The van der Waals surface area contributed by atoms with E-state index in [1.807, 2.05) is 23.6 Å². The van der Waals surface area contributed by atoms with E-state index in [1.165, 1.54) is 0 Å². The first kappa shape index (κ1) is 11.6. The average molecular weight is 257 g/mol. The van der Waals surface area contributed by atoms with E-state index in [4.69, 9.17) is 0 Å². The molecular weight excluding hydrogens is 242 g/mol. The largest absolute Gasteiger partial charge is 0.363 e. The van der Waals surface area contributed by atoms with Crippen molar-refractivity contribution in [2.24, 2.45) is 0 Å². The molecule has 3 rings (SSSR count). The Bertz CT molecular complexity index is 697. The number of hydrogen-bond donors (Lipinski definition) is 1. The highest BCUT2D eigenvalue weighted by molar-refractivity contribution is 5.51. The molecule has 0 unspecified atom stereocenters. The van der Waals surface area contributed by atoms with Gasteiger partial charge in [0.05, 0.1) is 6.54 Å². The lowest BCUT2D eigenvalue weighted by Crippen LogP contribution is -2.10. The van der Waals surface area contributed by atoms with Gasteiger partial charge in [-0.25, -0.2) is 4.98 Å². The molecule has 0 aromatic carbocycles. The molecule has 0 radical (unpaired) electrons. The number of aryl methyl sites for hydroxylation is 2. The predicted octanol–water partition coefficient (Wildman–Crippen LogP) is 1.26. The van der Waals surface area contributed by atoms with E-state index in [1.54, 1.807) is 17.2 Å². The third-order valence-electron chi connectivity index (χ3n) is 2.99. The Labute approximate surface area is 110 Å². The lowest BCUT2D eigenvalue weighted by Gasteiger charge is -2.09. The van der Waals surface area contributed by atoms with Crippen LogP contribution in [0, 0.1) is 6.92 Å². The minimum atomic E-state index is 0.603. The zero-order valence-corrected chi connectivity index (χ0v) is 10.9. The maximum atomic E-state index is 4.20. The van der Waals surface area contributed by atoms with Crippen LogP contribution in [0.1, 0.15) is 18.3 Å². The van der Waals surface area contributed by atoms with Crippen LogP contribution in [-0.4, -0.2) is 29.4 Å². The number of fused-ring (bicyclic) bond motifs is 1. The van der Waals surface area contributed by atoms with Crippen LogP contribution in [0.3, 0.4) is 0 Å². The molecule has 1 N–H and O–H groups in total. The van der Waals surface area contributed by atoms with Gasteiger partial charge in [-0.1, -0.05) is 0 Å². The van der Waals surface area contributed by atoms with Gasteiger partial charge in [-0.05, 0) is 31.5 Å². The molecule has 0 aliphatic heterocycles. The molecule has 0 saturated carbocycles. The molecule has 0 atom stereocenters. The molecule has 0 bridgehead atoms. The molecule has 3 aromatic heterocycles. The van der Waals surface area contributed by atoms with Gasteiger partial charge in [0.15, 0.2) is 11.5 Å². The number of pyridine rings is 1. The number of nitrogens with zero attached hydrogens (tertiary/aromatic N) is 6. The first-order valence-corrected chi connectivity index (χ1v) is 6.19. The summed E-state index contributed by atoms with van der Waals surface area (Å²) < 4.78 is 3.78. The van der Waals surface area contributed by atoms with E-state index in [2.05, 4.69) is 32.5 Å². The van der Waals surface area contributed by atoms with E-state index in [0.29, 0.717) is 6.54 Å². The summed E-state index contributed by atoms with van der Waals surface area (Å²) in [6.07, 6.45) is 3.28. The molecule has 0 aliphatic carbocycles. The molecule has 3 aromatic rings. The normalized spacial score (nSPS) is 11.1. The standard InChI is InChI=1S/C12H15N7/c1-3-18-8-15-17-12(18)6-13-10-4-9(2)5-11-14-7-16-19(10)11/h4-5,7-8,13H,3,6H2,1-2H3. The maximum Gasteiger partial charge on any atom is 0.157 e. The quantitative estimate of drug-likeness (QED) is 0.761. The van der Waals surface area contributed by atoms with Crippen LogP contribution in [0.2, 0.25) is 0 Å². The van der Waals surface area contributed by atoms with Crippen LogP contribution in [0.15, 0.2) is 24.8 Å². The van der Waals surface area contributed by atoms with Crippen molar-refractivity contribution in [3.8, 4) is 0 Å². The molecule has 7 heteroatoms. The van der Waals surface area contributed by atoms with Gasteiger partial charge in [-0.2, -0.15) is 9.61 Å². The van der Waals surface area contributed by atoms with Crippen LogP contribution in [-0.2, 0) is 13.1 Å². The minimum absolute atomic E-state index is 0.603. The highest BCUT2D eigenvalue weighted by Crippen LogP contribution is 2.13. The number of hydrogen-bond acceptors (Lipinski definition) is 5. The van der Waals surface area contributed by atoms with E-state index in [0.717, 1.165) is 29.4 Å². The molecule has 0 amide bonds. The molecule has 98 valence electrons. The first-order chi connectivity index (χ1) is 9.28. The van der Waals surface area contributed by atoms with Crippen molar-refractivity contribution in [1.82, 2.24) is 29.4 Å². The highest BCUT2D eigenvalue weighted by atomic mass is 15.3. The van der Waals surface area contributed by atoms with Gasteiger partial charge >= 0.3 is 0 Å². The van der Waals surface area contributed by atoms with Gasteiger partial charge < -0.3 is 9.88 Å². The summed E-state index contributed by atoms with van der Waals surface area (Å²) >= 11 is 0. The SMILES string of the molecule is CCn1cnnc1CNc1cc(C)cc2ncnn12. The number of nitrogens with one attached hydrogen (secondary N) is 1. The van der Waals surface area contributed by atoms with Gasteiger partial charge in [0, 0.05) is 6.54 Å². The fraction of sp³-hybridized carbons (Fsp3) is 0.333. The topological polar surface area (TPSA) is 72.9 Å². The van der Waals surface area contributed by atoms with Crippen molar-refractivity contribution in [3.05, 3.63) is 36.2 Å². The van der Waals surface area contributed by atoms with Gasteiger partial charge in [0.2, 0.25) is 0 Å². The predicted molar refractivity (Wildman–Crippen MR) is 70.7 cm³/mol. The molecule has 0 aliphatic rings. The Morgan fingerprint density at radius 2 is 2.21 bits per heavy atom. The fourth-order valence-electron chi connectivity index (χ4n) is 2.03. The van der Waals surface area contributed by atoms with Crippen molar-refractivity contribution in [2.45, 2.75) is 26.9 Å². The zero-order chi connectivity index (χ0) is 13.2. The van der Waals surface area contributed by atoms with Gasteiger partial charge in [-0.3, -0.25) is 0 Å². The summed E-state index contributed by atoms with van der Waals surface area (Å²) in [5.41, 5.74) is 1.97. The van der Waals surface area contributed by atoms with Gasteiger partial charge in [0.1, 0.15) is 18.5 Å². The summed E-state index contributed by atoms with van der Waals surface area (Å²) in [5.74, 6) is 1.80. The van der Waals surface area contributed by atoms with Crippen LogP contribution >= 0.6 is 0 Å². The highest BCUT2D eigenvalue weighted by Gasteiger charge is 2.06. The van der Waals surface area contributed by atoms with Crippen molar-refractivity contribution in [1.29, 1.82) is 0 Å². The van der Waals surface area contributed by atoms with Crippen LogP contribution in [0.4, 0.5) is 5.82 Å². The second-order valence-electron chi connectivity index (χ2n) is 4.33. The number of anilines is 1. The van der Waals surface area contributed by atoms with Crippen LogP contribution < -0.4 is 5.32 Å². The monoisotopic (exact) mass is 257 g/mol. The average Bonchev–Trinajstić information content (AvgIpc) is 3.03. The summed E-state index contributed by atoms with van der Waals surface area (Å²) in [5, 5.41) is 15.5. The molecule has 19 heavy (non-hydrogen) atoms. The molecule has 0 spiro atoms. The smallest absolute Gasteiger partial charge is 0.157 e. The summed E-state index contributed by atoms with van der Waals surface area (Å²) in [7, 11) is 0. The zero-order valence-electron chi connectivity index (χ0n) is 10.9. The Morgan fingerprint density at radius 1 is 1.32 bits per heavy atom. The third-order valence-corrected chi connectivity index (χ3v) is 2.99. The van der Waals surface area contributed by atoms with Gasteiger partial charge in [0.25, 0.3) is 0 Å². The third kappa shape index (κ3) is 2.14. The number of aromatic nitrogens is 6. The van der Waals surface area contributed by atoms with E-state index in [-0.39, 0.29) is 0 Å². The Hall–Kier alpha value is -2.44. The van der Waals surface area contributed by atoms with Crippen molar-refractivity contribution < 1.29 is 0 Å². The van der Waals surface area contributed by atoms with Crippen LogP contribution in [0.5, 0.6) is 0 Å². The summed E-state index contributed by atoms with van der Waals surface area (Å²) in [6, 6.07) is 4.03. The van der Waals surface area contributed by atoms with Crippen molar-refractivity contribution >= 4 is 11.5 Å². The Morgan fingerprint density at radius 3 is 3.05 bits per heavy atom. The molecule has 0 fully saturated rings. The Kier molecular flexibility index (Phi) is 2.86. The molecule has 7 nitrogen and oxygen atoms in total. The van der Waals surface area contributed by atoms with Crippen molar-refractivity contribution in [3.63, 3.8) is 0 Å². The van der Waals surface area contributed by atoms with Crippen LogP contribution in [0.25, 0.3) is 5.65 Å². The lowest BCUT2D eigenvalue weighted by molar-refractivity contribution is 0.706. The van der Waals surface area contributed by atoms with E-state index in [9.17, 15) is 0 Å². The second kappa shape index (κ2) is 4.68. The lowest BCUT2D eigenvalue weighted by atomic mass is 10.3. The maximum absolute atomic E-state index is 4.20. The minimum Gasteiger partial charge on any atom is -0.363 e. The second-order valence-corrected chi connectivity index (χ2v) is 4.33. The fourth-order valence-corrected chi connectivity index (χ4v) is 2.03.